The number of carbonyl (C=O) groups is 3. The van der Waals surface area contributed by atoms with Crippen LogP contribution < -0.4 is 0 Å². The molecule has 3 rings (SSSR count). The van der Waals surface area contributed by atoms with Crippen molar-refractivity contribution in [2.24, 2.45) is 5.92 Å². The highest BCUT2D eigenvalue weighted by Crippen LogP contribution is 2.36. The number of piperidine rings is 1. The predicted octanol–water partition coefficient (Wildman–Crippen LogP) is 1.80. The third kappa shape index (κ3) is 4.30. The van der Waals surface area contributed by atoms with Crippen LogP contribution in [0.1, 0.15) is 37.6 Å². The number of carbonyl (C=O) groups excluding carboxylic acids is 3. The van der Waals surface area contributed by atoms with Crippen molar-refractivity contribution in [2.75, 3.05) is 13.1 Å². The fraction of sp³-hybridized carbons (Fsp3) is 0.550. The molecule has 5 atom stereocenters. The van der Waals surface area contributed by atoms with Crippen LogP contribution in [-0.2, 0) is 23.8 Å². The SMILES string of the molecule is CC(=O)O[C@H]1CCN2C[C@H](C)[C@@H](OC(=O)c3ccccc3)[C@H](OC(C)=O)C12. The van der Waals surface area contributed by atoms with Gasteiger partial charge in [0.25, 0.3) is 0 Å². The Morgan fingerprint density at radius 3 is 2.26 bits per heavy atom. The normalized spacial score (nSPS) is 30.3. The third-order valence-corrected chi connectivity index (χ3v) is 5.12. The lowest BCUT2D eigenvalue weighted by molar-refractivity contribution is -0.177. The van der Waals surface area contributed by atoms with Gasteiger partial charge in [0, 0.05) is 32.9 Å². The molecule has 0 amide bonds. The average Bonchev–Trinajstić information content (AvgIpc) is 2.99. The van der Waals surface area contributed by atoms with Gasteiger partial charge in [0.05, 0.1) is 11.6 Å². The third-order valence-electron chi connectivity index (χ3n) is 5.12. The fourth-order valence-electron chi connectivity index (χ4n) is 4.09. The molecule has 1 aromatic rings. The molecular formula is C20H25NO6. The second-order valence-electron chi connectivity index (χ2n) is 7.21. The van der Waals surface area contributed by atoms with Crippen molar-refractivity contribution in [1.29, 1.82) is 0 Å². The molecule has 7 nitrogen and oxygen atoms in total. The van der Waals surface area contributed by atoms with Crippen molar-refractivity contribution in [3.05, 3.63) is 35.9 Å². The van der Waals surface area contributed by atoms with Crippen molar-refractivity contribution in [3.63, 3.8) is 0 Å². The summed E-state index contributed by atoms with van der Waals surface area (Å²) in [6.45, 7) is 6.07. The van der Waals surface area contributed by atoms with Crippen molar-refractivity contribution in [1.82, 2.24) is 4.90 Å². The summed E-state index contributed by atoms with van der Waals surface area (Å²) in [7, 11) is 0. The predicted molar refractivity (Wildman–Crippen MR) is 95.9 cm³/mol. The van der Waals surface area contributed by atoms with Gasteiger partial charge in [0.2, 0.25) is 0 Å². The van der Waals surface area contributed by atoms with Gasteiger partial charge in [0.15, 0.2) is 6.10 Å². The van der Waals surface area contributed by atoms with E-state index in [0.717, 1.165) is 6.54 Å². The molecule has 0 saturated carbocycles. The molecule has 0 aliphatic carbocycles. The number of esters is 3. The van der Waals surface area contributed by atoms with Crippen LogP contribution in [0.15, 0.2) is 30.3 Å². The molecule has 27 heavy (non-hydrogen) atoms. The Kier molecular flexibility index (Phi) is 5.79. The lowest BCUT2D eigenvalue weighted by Crippen LogP contribution is -2.61. The molecule has 0 spiro atoms. The number of nitrogens with zero attached hydrogens (tertiary/aromatic N) is 1. The maximum atomic E-state index is 12.6. The van der Waals surface area contributed by atoms with Crippen molar-refractivity contribution in [2.45, 2.75) is 51.5 Å². The quantitative estimate of drug-likeness (QED) is 0.586. The summed E-state index contributed by atoms with van der Waals surface area (Å²) in [5.74, 6) is -1.32. The number of rotatable bonds is 4. The molecule has 2 aliphatic heterocycles. The van der Waals surface area contributed by atoms with Gasteiger partial charge in [-0.2, -0.15) is 0 Å². The van der Waals surface area contributed by atoms with E-state index in [1.165, 1.54) is 13.8 Å². The molecule has 7 heteroatoms. The Morgan fingerprint density at radius 2 is 1.63 bits per heavy atom. The summed E-state index contributed by atoms with van der Waals surface area (Å²) in [6, 6.07) is 8.39. The maximum absolute atomic E-state index is 12.6. The van der Waals surface area contributed by atoms with Crippen molar-refractivity contribution < 1.29 is 28.6 Å². The molecule has 0 N–H and O–H groups in total. The van der Waals surface area contributed by atoms with Crippen LogP contribution in [0.4, 0.5) is 0 Å². The molecule has 2 fully saturated rings. The van der Waals surface area contributed by atoms with Crippen LogP contribution in [-0.4, -0.2) is 60.3 Å². The Bertz CT molecular complexity index is 706. The van der Waals surface area contributed by atoms with Crippen LogP contribution in [0.25, 0.3) is 0 Å². The first-order valence-electron chi connectivity index (χ1n) is 9.21. The van der Waals surface area contributed by atoms with Crippen LogP contribution in [0.5, 0.6) is 0 Å². The Labute approximate surface area is 158 Å². The molecule has 146 valence electrons. The van der Waals surface area contributed by atoms with Crippen LogP contribution in [0.2, 0.25) is 0 Å². The summed E-state index contributed by atoms with van der Waals surface area (Å²) < 4.78 is 16.8. The molecule has 1 aromatic carbocycles. The van der Waals surface area contributed by atoms with Crippen LogP contribution >= 0.6 is 0 Å². The molecule has 2 aliphatic rings. The standard InChI is InChI=1S/C20H25NO6/c1-12-11-21-10-9-16(25-13(2)22)17(21)19(26-14(3)23)18(12)27-20(24)15-7-5-4-6-8-15/h4-8,12,16-19H,9-11H2,1-3H3/t12-,16-,17?,18+,19+/m0/s1. The first kappa shape index (κ1) is 19.4. The number of fused-ring (bicyclic) bond motifs is 1. The smallest absolute Gasteiger partial charge is 0.338 e. The van der Waals surface area contributed by atoms with Crippen molar-refractivity contribution >= 4 is 17.9 Å². The first-order valence-corrected chi connectivity index (χ1v) is 9.21. The Hall–Kier alpha value is -2.41. The highest BCUT2D eigenvalue weighted by Gasteiger charge is 2.53. The first-order chi connectivity index (χ1) is 12.9. The van der Waals surface area contributed by atoms with Gasteiger partial charge in [-0.25, -0.2) is 4.79 Å². The molecular weight excluding hydrogens is 350 g/mol. The minimum atomic E-state index is -0.689. The van der Waals surface area contributed by atoms with Gasteiger partial charge in [-0.1, -0.05) is 25.1 Å². The minimum absolute atomic E-state index is 0.0330. The van der Waals surface area contributed by atoms with E-state index in [2.05, 4.69) is 4.90 Å². The van der Waals surface area contributed by atoms with Gasteiger partial charge >= 0.3 is 17.9 Å². The molecule has 2 heterocycles. The largest absolute Gasteiger partial charge is 0.461 e. The van der Waals surface area contributed by atoms with Crippen molar-refractivity contribution in [3.8, 4) is 0 Å². The highest BCUT2D eigenvalue weighted by molar-refractivity contribution is 5.89. The van der Waals surface area contributed by atoms with E-state index in [1.807, 2.05) is 13.0 Å². The van der Waals surface area contributed by atoms with E-state index in [-0.39, 0.29) is 17.9 Å². The lowest BCUT2D eigenvalue weighted by Gasteiger charge is -2.45. The lowest BCUT2D eigenvalue weighted by atomic mass is 9.87. The van der Waals surface area contributed by atoms with Gasteiger partial charge in [-0.05, 0) is 18.6 Å². The van der Waals surface area contributed by atoms with Gasteiger partial charge in [-0.15, -0.1) is 0 Å². The highest BCUT2D eigenvalue weighted by atomic mass is 16.6. The zero-order chi connectivity index (χ0) is 19.6. The number of ether oxygens (including phenoxy) is 3. The summed E-state index contributed by atoms with van der Waals surface area (Å²) in [5.41, 5.74) is 0.441. The molecule has 0 bridgehead atoms. The summed E-state index contributed by atoms with van der Waals surface area (Å²) >= 11 is 0. The van der Waals surface area contributed by atoms with Crippen LogP contribution in [0.3, 0.4) is 0 Å². The molecule has 0 radical (unpaired) electrons. The number of hydrogen-bond donors (Lipinski definition) is 0. The number of benzene rings is 1. The summed E-state index contributed by atoms with van der Waals surface area (Å²) in [4.78, 5) is 38.0. The van der Waals surface area contributed by atoms with E-state index < -0.39 is 30.3 Å². The average molecular weight is 375 g/mol. The Morgan fingerprint density at radius 1 is 0.963 bits per heavy atom. The zero-order valence-corrected chi connectivity index (χ0v) is 15.8. The monoisotopic (exact) mass is 375 g/mol. The summed E-state index contributed by atoms with van der Waals surface area (Å²) in [6.07, 6.45) is -1.03. The van der Waals surface area contributed by atoms with Gasteiger partial charge < -0.3 is 14.2 Å². The van der Waals surface area contributed by atoms with E-state index >= 15 is 0 Å². The second kappa shape index (κ2) is 8.08. The Balaban J connectivity index is 1.85. The molecule has 2 saturated heterocycles. The van der Waals surface area contributed by atoms with Gasteiger partial charge in [-0.3, -0.25) is 14.5 Å². The molecule has 0 aromatic heterocycles. The van der Waals surface area contributed by atoms with E-state index in [0.29, 0.717) is 18.5 Å². The topological polar surface area (TPSA) is 82.1 Å². The summed E-state index contributed by atoms with van der Waals surface area (Å²) in [5, 5.41) is 0. The minimum Gasteiger partial charge on any atom is -0.461 e. The van der Waals surface area contributed by atoms with Gasteiger partial charge in [0.1, 0.15) is 12.2 Å². The second-order valence-corrected chi connectivity index (χ2v) is 7.21. The fourth-order valence-corrected chi connectivity index (χ4v) is 4.09. The van der Waals surface area contributed by atoms with E-state index in [9.17, 15) is 14.4 Å². The zero-order valence-electron chi connectivity index (χ0n) is 15.8. The van der Waals surface area contributed by atoms with E-state index in [4.69, 9.17) is 14.2 Å². The van der Waals surface area contributed by atoms with Crippen LogP contribution in [0, 0.1) is 5.92 Å². The maximum Gasteiger partial charge on any atom is 0.338 e. The number of hydrogen-bond acceptors (Lipinski definition) is 7. The molecule has 1 unspecified atom stereocenters. The van der Waals surface area contributed by atoms with E-state index in [1.54, 1.807) is 24.3 Å².